The first-order valence-corrected chi connectivity index (χ1v) is 10.6. The Morgan fingerprint density at radius 3 is 2.47 bits per heavy atom. The van der Waals surface area contributed by atoms with Gasteiger partial charge in [0.2, 0.25) is 0 Å². The van der Waals surface area contributed by atoms with Crippen molar-refractivity contribution in [3.63, 3.8) is 0 Å². The van der Waals surface area contributed by atoms with Gasteiger partial charge in [-0.15, -0.1) is 0 Å². The Morgan fingerprint density at radius 2 is 1.80 bits per heavy atom. The lowest BCUT2D eigenvalue weighted by Crippen LogP contribution is -2.37. The molecule has 0 bridgehead atoms. The van der Waals surface area contributed by atoms with Crippen molar-refractivity contribution in [2.45, 2.75) is 31.7 Å². The van der Waals surface area contributed by atoms with Gasteiger partial charge < -0.3 is 9.64 Å². The maximum Gasteiger partial charge on any atom is 0.254 e. The largest absolute Gasteiger partial charge is 0.497 e. The lowest BCUT2D eigenvalue weighted by molar-refractivity contribution is 0.0733. The van der Waals surface area contributed by atoms with E-state index in [0.29, 0.717) is 29.6 Å². The fourth-order valence-electron chi connectivity index (χ4n) is 3.89. The summed E-state index contributed by atoms with van der Waals surface area (Å²) in [4.78, 5) is 24.8. The zero-order chi connectivity index (χ0) is 20.7. The number of hydrogen-bond donors (Lipinski definition) is 0. The minimum absolute atomic E-state index is 0.0108. The Hall–Kier alpha value is -2.92. The Labute approximate surface area is 180 Å². The number of halogens is 1. The molecule has 5 rings (SSSR count). The maximum atomic E-state index is 13.1. The molecule has 5 nitrogen and oxygen atoms in total. The van der Waals surface area contributed by atoms with E-state index in [1.54, 1.807) is 7.11 Å². The maximum absolute atomic E-state index is 13.1. The molecule has 0 N–H and O–H groups in total. The van der Waals surface area contributed by atoms with E-state index in [-0.39, 0.29) is 5.91 Å². The minimum atomic E-state index is 0.0108. The molecule has 1 fully saturated rings. The molecule has 0 radical (unpaired) electrons. The lowest BCUT2D eigenvalue weighted by Gasteiger charge is -2.30. The third-order valence-corrected chi connectivity index (χ3v) is 6.01. The average Bonchev–Trinajstić information content (AvgIpc) is 3.64. The smallest absolute Gasteiger partial charge is 0.254 e. The van der Waals surface area contributed by atoms with Gasteiger partial charge >= 0.3 is 0 Å². The van der Waals surface area contributed by atoms with Crippen molar-refractivity contribution in [3.05, 3.63) is 76.2 Å². The molecule has 3 aromatic rings. The molecular formula is C24H22ClN3O2. The second-order valence-corrected chi connectivity index (χ2v) is 8.28. The molecule has 6 heteroatoms. The van der Waals surface area contributed by atoms with Crippen molar-refractivity contribution in [1.82, 2.24) is 14.9 Å². The van der Waals surface area contributed by atoms with E-state index in [4.69, 9.17) is 26.3 Å². The Kier molecular flexibility index (Phi) is 4.91. The molecule has 1 saturated carbocycles. The van der Waals surface area contributed by atoms with Crippen molar-refractivity contribution in [2.75, 3.05) is 13.7 Å². The number of nitrogens with zero attached hydrogens (tertiary/aromatic N) is 3. The molecular weight excluding hydrogens is 398 g/mol. The summed E-state index contributed by atoms with van der Waals surface area (Å²) in [7, 11) is 1.62. The Bertz CT molecular complexity index is 1090. The molecule has 1 aliphatic heterocycles. The Balaban J connectivity index is 1.50. The highest BCUT2D eigenvalue weighted by Crippen LogP contribution is 2.40. The monoisotopic (exact) mass is 419 g/mol. The first-order valence-electron chi connectivity index (χ1n) is 10.2. The molecule has 30 heavy (non-hydrogen) atoms. The number of benzene rings is 2. The molecule has 2 aromatic carbocycles. The highest BCUT2D eigenvalue weighted by atomic mass is 35.5. The van der Waals surface area contributed by atoms with E-state index in [1.807, 2.05) is 53.4 Å². The molecule has 0 spiro atoms. The summed E-state index contributed by atoms with van der Waals surface area (Å²) in [5, 5.41) is 0.695. The first-order chi connectivity index (χ1) is 14.6. The van der Waals surface area contributed by atoms with Crippen molar-refractivity contribution in [2.24, 2.45) is 0 Å². The number of fused-ring (bicyclic) bond motifs is 1. The second-order valence-electron chi connectivity index (χ2n) is 7.84. The van der Waals surface area contributed by atoms with E-state index in [1.165, 1.54) is 0 Å². The summed E-state index contributed by atoms with van der Waals surface area (Å²) >= 11 is 6.09. The number of aromatic nitrogens is 2. The van der Waals surface area contributed by atoms with Crippen LogP contribution < -0.4 is 4.74 Å². The summed E-state index contributed by atoms with van der Waals surface area (Å²) in [6.07, 6.45) is 3.04. The molecule has 0 unspecified atom stereocenters. The van der Waals surface area contributed by atoms with E-state index in [0.717, 1.165) is 53.4 Å². The molecule has 1 amide bonds. The number of rotatable bonds is 4. The van der Waals surface area contributed by atoms with Gasteiger partial charge in [0.1, 0.15) is 11.6 Å². The highest BCUT2D eigenvalue weighted by Gasteiger charge is 2.31. The van der Waals surface area contributed by atoms with Gasteiger partial charge in [0, 0.05) is 47.1 Å². The minimum Gasteiger partial charge on any atom is -0.497 e. The van der Waals surface area contributed by atoms with Crippen LogP contribution in [0.1, 0.15) is 46.2 Å². The topological polar surface area (TPSA) is 55.3 Å². The molecule has 1 aliphatic carbocycles. The van der Waals surface area contributed by atoms with Gasteiger partial charge in [0.05, 0.1) is 18.5 Å². The third-order valence-electron chi connectivity index (χ3n) is 5.76. The van der Waals surface area contributed by atoms with Gasteiger partial charge in [-0.1, -0.05) is 23.7 Å². The fourth-order valence-corrected chi connectivity index (χ4v) is 4.02. The van der Waals surface area contributed by atoms with Gasteiger partial charge in [0.25, 0.3) is 5.91 Å². The summed E-state index contributed by atoms with van der Waals surface area (Å²) < 4.78 is 5.20. The van der Waals surface area contributed by atoms with E-state index in [2.05, 4.69) is 0 Å². The number of ether oxygens (including phenoxy) is 1. The van der Waals surface area contributed by atoms with Crippen molar-refractivity contribution in [3.8, 4) is 17.0 Å². The molecule has 0 saturated heterocycles. The standard InChI is InChI=1S/C24H22ClN3O2/c1-30-19-10-6-17(7-11-19)24(29)28-13-12-21-20(14-28)22(15-4-8-18(25)9-5-15)27-23(26-21)16-2-3-16/h4-11,16H,2-3,12-14H2,1H3. The number of methoxy groups -OCH3 is 1. The third kappa shape index (κ3) is 3.65. The van der Waals surface area contributed by atoms with Crippen LogP contribution in [0.4, 0.5) is 0 Å². The van der Waals surface area contributed by atoms with Crippen molar-refractivity contribution < 1.29 is 9.53 Å². The number of amides is 1. The molecule has 2 aliphatic rings. The zero-order valence-electron chi connectivity index (χ0n) is 16.8. The average molecular weight is 420 g/mol. The van der Waals surface area contributed by atoms with Crippen LogP contribution in [0.3, 0.4) is 0 Å². The lowest BCUT2D eigenvalue weighted by atomic mass is 9.98. The van der Waals surface area contributed by atoms with Crippen LogP contribution in [0, 0.1) is 0 Å². The van der Waals surface area contributed by atoms with Crippen LogP contribution in [-0.2, 0) is 13.0 Å². The predicted molar refractivity (Wildman–Crippen MR) is 116 cm³/mol. The van der Waals surface area contributed by atoms with E-state index >= 15 is 0 Å². The molecule has 2 heterocycles. The second kappa shape index (κ2) is 7.73. The van der Waals surface area contributed by atoms with Crippen molar-refractivity contribution in [1.29, 1.82) is 0 Å². The van der Waals surface area contributed by atoms with Gasteiger partial charge in [-0.05, 0) is 49.2 Å². The predicted octanol–water partition coefficient (Wildman–Crippen LogP) is 4.88. The van der Waals surface area contributed by atoms with Crippen LogP contribution in [-0.4, -0.2) is 34.4 Å². The van der Waals surface area contributed by atoms with Crippen LogP contribution in [0.25, 0.3) is 11.3 Å². The van der Waals surface area contributed by atoms with E-state index < -0.39 is 0 Å². The summed E-state index contributed by atoms with van der Waals surface area (Å²) in [6, 6.07) is 15.0. The van der Waals surface area contributed by atoms with Crippen LogP contribution >= 0.6 is 11.6 Å². The molecule has 1 aromatic heterocycles. The summed E-state index contributed by atoms with van der Waals surface area (Å²) in [6.45, 7) is 1.15. The van der Waals surface area contributed by atoms with Gasteiger partial charge in [-0.3, -0.25) is 4.79 Å². The highest BCUT2D eigenvalue weighted by molar-refractivity contribution is 6.30. The fraction of sp³-hybridized carbons (Fsp3) is 0.292. The normalized spacial score (nSPS) is 15.6. The number of carbonyl (C=O) groups excluding carboxylic acids is 1. The molecule has 0 atom stereocenters. The van der Waals surface area contributed by atoms with Crippen LogP contribution in [0.2, 0.25) is 5.02 Å². The molecule has 152 valence electrons. The van der Waals surface area contributed by atoms with Gasteiger partial charge in [0.15, 0.2) is 0 Å². The first kappa shape index (κ1) is 19.1. The number of carbonyl (C=O) groups is 1. The van der Waals surface area contributed by atoms with Gasteiger partial charge in [-0.25, -0.2) is 9.97 Å². The summed E-state index contributed by atoms with van der Waals surface area (Å²) in [5.41, 5.74) is 4.69. The quantitative estimate of drug-likeness (QED) is 0.604. The van der Waals surface area contributed by atoms with Crippen molar-refractivity contribution >= 4 is 17.5 Å². The van der Waals surface area contributed by atoms with Crippen LogP contribution in [0.5, 0.6) is 5.75 Å². The summed E-state index contributed by atoms with van der Waals surface area (Å²) in [5.74, 6) is 2.16. The van der Waals surface area contributed by atoms with Crippen LogP contribution in [0.15, 0.2) is 48.5 Å². The van der Waals surface area contributed by atoms with Gasteiger partial charge in [-0.2, -0.15) is 0 Å². The number of hydrogen-bond acceptors (Lipinski definition) is 4. The zero-order valence-corrected chi connectivity index (χ0v) is 17.5. The SMILES string of the molecule is COc1ccc(C(=O)N2CCc3nc(C4CC4)nc(-c4ccc(Cl)cc4)c3C2)cc1. The Morgan fingerprint density at radius 1 is 1.07 bits per heavy atom. The van der Waals surface area contributed by atoms with E-state index in [9.17, 15) is 4.79 Å².